The van der Waals surface area contributed by atoms with Gasteiger partial charge in [-0.3, -0.25) is 9.78 Å². The number of aromatic nitrogens is 2. The maximum atomic E-state index is 13.5. The van der Waals surface area contributed by atoms with E-state index in [9.17, 15) is 9.18 Å². The van der Waals surface area contributed by atoms with Gasteiger partial charge in [0.25, 0.3) is 5.91 Å². The SMILES string of the molecule is CCOc1ccc(N(Cc2cccnc2)C2CCN([C@H](C)CCNC(=O)c3c(C)cc(F)nc3C)CC2)cc1. The molecule has 0 bridgehead atoms. The Morgan fingerprint density at radius 3 is 2.59 bits per heavy atom. The van der Waals surface area contributed by atoms with Gasteiger partial charge in [-0.15, -0.1) is 0 Å². The second-order valence-electron chi connectivity index (χ2n) is 10.3. The van der Waals surface area contributed by atoms with Crippen LogP contribution in [0.3, 0.4) is 0 Å². The monoisotopic (exact) mass is 533 g/mol. The molecular formula is C31H40FN5O2. The molecule has 3 aromatic rings. The Morgan fingerprint density at radius 1 is 1.21 bits per heavy atom. The van der Waals surface area contributed by atoms with E-state index < -0.39 is 5.95 Å². The number of hydrogen-bond acceptors (Lipinski definition) is 6. The number of benzene rings is 1. The molecule has 7 nitrogen and oxygen atoms in total. The van der Waals surface area contributed by atoms with E-state index in [4.69, 9.17) is 4.74 Å². The third-order valence-corrected chi connectivity index (χ3v) is 7.56. The van der Waals surface area contributed by atoms with Crippen molar-refractivity contribution in [3.63, 3.8) is 0 Å². The van der Waals surface area contributed by atoms with Crippen molar-refractivity contribution >= 4 is 11.6 Å². The number of piperidine rings is 1. The Bertz CT molecular complexity index is 1190. The number of carbonyl (C=O) groups is 1. The molecule has 0 aliphatic carbocycles. The van der Waals surface area contributed by atoms with Crippen molar-refractivity contribution in [1.82, 2.24) is 20.2 Å². The predicted octanol–water partition coefficient (Wildman–Crippen LogP) is 5.31. The van der Waals surface area contributed by atoms with Gasteiger partial charge in [0.2, 0.25) is 5.95 Å². The van der Waals surface area contributed by atoms with Crippen molar-refractivity contribution in [2.75, 3.05) is 31.1 Å². The van der Waals surface area contributed by atoms with Crippen molar-refractivity contribution in [2.45, 2.75) is 65.6 Å². The first-order valence-electron chi connectivity index (χ1n) is 13.9. The summed E-state index contributed by atoms with van der Waals surface area (Å²) >= 11 is 0. The van der Waals surface area contributed by atoms with Crippen molar-refractivity contribution in [3.05, 3.63) is 83.2 Å². The number of aryl methyl sites for hydroxylation is 2. The molecule has 39 heavy (non-hydrogen) atoms. The van der Waals surface area contributed by atoms with Crippen molar-refractivity contribution in [1.29, 1.82) is 0 Å². The molecule has 0 radical (unpaired) electrons. The summed E-state index contributed by atoms with van der Waals surface area (Å²) in [6, 6.07) is 14.6. The van der Waals surface area contributed by atoms with E-state index in [1.165, 1.54) is 17.3 Å². The van der Waals surface area contributed by atoms with Gasteiger partial charge in [0.05, 0.1) is 17.9 Å². The molecule has 1 aliphatic heterocycles. The highest BCUT2D eigenvalue weighted by Crippen LogP contribution is 2.28. The van der Waals surface area contributed by atoms with Gasteiger partial charge in [-0.1, -0.05) is 6.07 Å². The summed E-state index contributed by atoms with van der Waals surface area (Å²) in [5.41, 5.74) is 3.88. The zero-order valence-corrected chi connectivity index (χ0v) is 23.5. The molecule has 3 heterocycles. The zero-order valence-electron chi connectivity index (χ0n) is 23.5. The Morgan fingerprint density at radius 2 is 1.95 bits per heavy atom. The number of likely N-dealkylation sites (tertiary alicyclic amines) is 1. The lowest BCUT2D eigenvalue weighted by Gasteiger charge is -2.42. The number of hydrogen-bond donors (Lipinski definition) is 1. The van der Waals surface area contributed by atoms with Crippen molar-refractivity contribution < 1.29 is 13.9 Å². The number of amides is 1. The molecule has 0 spiro atoms. The highest BCUT2D eigenvalue weighted by Gasteiger charge is 2.27. The average molecular weight is 534 g/mol. The molecule has 2 aromatic heterocycles. The molecule has 0 saturated carbocycles. The minimum atomic E-state index is -0.555. The summed E-state index contributed by atoms with van der Waals surface area (Å²) in [5.74, 6) is 0.143. The van der Waals surface area contributed by atoms with Crippen LogP contribution < -0.4 is 15.0 Å². The molecule has 4 rings (SSSR count). The van der Waals surface area contributed by atoms with Gasteiger partial charge in [-0.05, 0) is 94.5 Å². The number of nitrogens with zero attached hydrogens (tertiary/aromatic N) is 4. The number of anilines is 1. The molecule has 1 fully saturated rings. The number of halogens is 1. The van der Waals surface area contributed by atoms with Crippen LogP contribution in [-0.2, 0) is 6.54 Å². The fourth-order valence-corrected chi connectivity index (χ4v) is 5.45. The van der Waals surface area contributed by atoms with Gasteiger partial charge in [-0.2, -0.15) is 4.39 Å². The minimum Gasteiger partial charge on any atom is -0.494 e. The normalized spacial score (nSPS) is 15.1. The minimum absolute atomic E-state index is 0.190. The van der Waals surface area contributed by atoms with Gasteiger partial charge >= 0.3 is 0 Å². The van der Waals surface area contributed by atoms with Crippen LogP contribution in [0.5, 0.6) is 5.75 Å². The van der Waals surface area contributed by atoms with Gasteiger partial charge < -0.3 is 19.9 Å². The summed E-state index contributed by atoms with van der Waals surface area (Å²) in [6.45, 7) is 11.7. The number of carbonyl (C=O) groups excluding carboxylic acids is 1. The fourth-order valence-electron chi connectivity index (χ4n) is 5.45. The first kappa shape index (κ1) is 28.5. The Balaban J connectivity index is 1.32. The molecule has 8 heteroatoms. The maximum Gasteiger partial charge on any atom is 0.253 e. The summed E-state index contributed by atoms with van der Waals surface area (Å²) in [7, 11) is 0. The number of pyridine rings is 2. The Kier molecular flexibility index (Phi) is 9.87. The molecule has 1 aliphatic rings. The lowest BCUT2D eigenvalue weighted by atomic mass is 9.99. The average Bonchev–Trinajstić information content (AvgIpc) is 2.92. The molecule has 208 valence electrons. The van der Waals surface area contributed by atoms with E-state index >= 15 is 0 Å². The Hall–Kier alpha value is -3.52. The second-order valence-corrected chi connectivity index (χ2v) is 10.3. The van der Waals surface area contributed by atoms with Crippen LogP contribution >= 0.6 is 0 Å². The fraction of sp³-hybridized carbons (Fsp3) is 0.452. The number of rotatable bonds is 11. The molecule has 1 aromatic carbocycles. The maximum absolute atomic E-state index is 13.5. The lowest BCUT2D eigenvalue weighted by molar-refractivity contribution is 0.0943. The quantitative estimate of drug-likeness (QED) is 0.337. The molecule has 0 unspecified atom stereocenters. The van der Waals surface area contributed by atoms with Crippen LogP contribution in [-0.4, -0.2) is 59.1 Å². The van der Waals surface area contributed by atoms with E-state index in [0.717, 1.165) is 44.6 Å². The summed E-state index contributed by atoms with van der Waals surface area (Å²) in [5, 5.41) is 3.01. The van der Waals surface area contributed by atoms with Crippen molar-refractivity contribution in [3.8, 4) is 5.75 Å². The summed E-state index contributed by atoms with van der Waals surface area (Å²) in [4.78, 5) is 25.8. The molecule has 1 amide bonds. The smallest absolute Gasteiger partial charge is 0.253 e. The molecule has 1 saturated heterocycles. The molecule has 1 N–H and O–H groups in total. The predicted molar refractivity (Wildman–Crippen MR) is 153 cm³/mol. The van der Waals surface area contributed by atoms with Crippen LogP contribution in [0, 0.1) is 19.8 Å². The highest BCUT2D eigenvalue weighted by atomic mass is 19.1. The van der Waals surface area contributed by atoms with Crippen LogP contribution in [0.25, 0.3) is 0 Å². The van der Waals surface area contributed by atoms with E-state index in [2.05, 4.69) is 50.2 Å². The number of nitrogens with one attached hydrogen (secondary N) is 1. The first-order chi connectivity index (χ1) is 18.9. The van der Waals surface area contributed by atoms with Crippen molar-refractivity contribution in [2.24, 2.45) is 0 Å². The van der Waals surface area contributed by atoms with Gasteiger partial charge in [0, 0.05) is 56.3 Å². The topological polar surface area (TPSA) is 70.6 Å². The third kappa shape index (κ3) is 7.53. The lowest BCUT2D eigenvalue weighted by Crippen LogP contribution is -2.48. The van der Waals surface area contributed by atoms with Gasteiger partial charge in [-0.25, -0.2) is 4.98 Å². The van der Waals surface area contributed by atoms with E-state index in [-0.39, 0.29) is 5.91 Å². The van der Waals surface area contributed by atoms with Gasteiger partial charge in [0.15, 0.2) is 0 Å². The van der Waals surface area contributed by atoms with Gasteiger partial charge in [0.1, 0.15) is 5.75 Å². The first-order valence-corrected chi connectivity index (χ1v) is 13.9. The third-order valence-electron chi connectivity index (χ3n) is 7.56. The summed E-state index contributed by atoms with van der Waals surface area (Å²) in [6.07, 6.45) is 6.72. The standard InChI is InChI=1S/C31H40FN5O2/c1-5-39-28-10-8-26(9-11-28)37(21-25-7-6-15-33-20-25)27-13-17-36(18-14-27)23(3)12-16-34-31(38)30-22(2)19-29(32)35-24(30)4/h6-11,15,19-20,23,27H,5,12-14,16-18,21H2,1-4H3,(H,34,38)/t23-/m1/s1. The van der Waals surface area contributed by atoms with E-state index in [1.807, 2.05) is 37.5 Å². The zero-order chi connectivity index (χ0) is 27.8. The van der Waals surface area contributed by atoms with Crippen LogP contribution in [0.2, 0.25) is 0 Å². The number of ether oxygens (including phenoxy) is 1. The molecule has 1 atom stereocenters. The second kappa shape index (κ2) is 13.5. The van der Waals surface area contributed by atoms with Crippen LogP contribution in [0.15, 0.2) is 54.9 Å². The van der Waals surface area contributed by atoms with Crippen LogP contribution in [0.1, 0.15) is 60.3 Å². The van der Waals surface area contributed by atoms with E-state index in [0.29, 0.717) is 42.1 Å². The van der Waals surface area contributed by atoms with E-state index in [1.54, 1.807) is 13.8 Å². The summed E-state index contributed by atoms with van der Waals surface area (Å²) < 4.78 is 19.2. The Labute approximate surface area is 231 Å². The largest absolute Gasteiger partial charge is 0.494 e. The van der Waals surface area contributed by atoms with Crippen LogP contribution in [0.4, 0.5) is 10.1 Å². The molecular weight excluding hydrogens is 493 g/mol. The highest BCUT2D eigenvalue weighted by molar-refractivity contribution is 5.96.